The standard InChI is InChI=1S/C19H22N2O5/c1-21(17-10-13(8-9-20)4-7-16(17)19(24)25)18(23)12-26-11-14-2-5-15(22)6-3-14/h2-7,10,22H,8-9,11-12,20H2,1H3,(H,24,25). The first-order chi connectivity index (χ1) is 12.4. The molecule has 0 aliphatic heterocycles. The molecule has 0 saturated carbocycles. The maximum Gasteiger partial charge on any atom is 0.337 e. The molecule has 0 fully saturated rings. The van der Waals surface area contributed by atoms with Gasteiger partial charge in [-0.1, -0.05) is 18.2 Å². The molecule has 7 heteroatoms. The van der Waals surface area contributed by atoms with Crippen molar-refractivity contribution in [3.63, 3.8) is 0 Å². The number of ether oxygens (including phenoxy) is 1. The Bertz CT molecular complexity index is 774. The predicted octanol–water partition coefficient (Wildman–Crippen LogP) is 1.77. The van der Waals surface area contributed by atoms with E-state index in [4.69, 9.17) is 10.5 Å². The Hall–Kier alpha value is -2.90. The third-order valence-corrected chi connectivity index (χ3v) is 3.89. The van der Waals surface area contributed by atoms with Gasteiger partial charge in [-0.25, -0.2) is 4.79 Å². The molecule has 0 unspecified atom stereocenters. The van der Waals surface area contributed by atoms with Crippen molar-refractivity contribution in [3.05, 3.63) is 59.2 Å². The molecule has 0 spiro atoms. The lowest BCUT2D eigenvalue weighted by molar-refractivity contribution is -0.123. The van der Waals surface area contributed by atoms with Crippen LogP contribution in [-0.2, 0) is 22.6 Å². The number of carbonyl (C=O) groups excluding carboxylic acids is 1. The van der Waals surface area contributed by atoms with E-state index in [0.29, 0.717) is 18.7 Å². The molecule has 2 aromatic carbocycles. The molecule has 2 aromatic rings. The van der Waals surface area contributed by atoms with Crippen LogP contribution in [0, 0.1) is 0 Å². The van der Waals surface area contributed by atoms with E-state index >= 15 is 0 Å². The van der Waals surface area contributed by atoms with Crippen LogP contribution in [-0.4, -0.2) is 42.3 Å². The van der Waals surface area contributed by atoms with Gasteiger partial charge < -0.3 is 25.6 Å². The van der Waals surface area contributed by atoms with Gasteiger partial charge in [0.05, 0.1) is 17.9 Å². The largest absolute Gasteiger partial charge is 0.508 e. The van der Waals surface area contributed by atoms with Gasteiger partial charge in [-0.2, -0.15) is 0 Å². The molecule has 7 nitrogen and oxygen atoms in total. The van der Waals surface area contributed by atoms with Gasteiger partial charge in [0, 0.05) is 7.05 Å². The topological polar surface area (TPSA) is 113 Å². The number of aromatic carboxylic acids is 1. The number of phenols is 1. The summed E-state index contributed by atoms with van der Waals surface area (Å²) < 4.78 is 5.40. The van der Waals surface area contributed by atoms with Gasteiger partial charge in [0.25, 0.3) is 5.91 Å². The van der Waals surface area contributed by atoms with Crippen molar-refractivity contribution in [3.8, 4) is 5.75 Å². The summed E-state index contributed by atoms with van der Waals surface area (Å²) in [5.41, 5.74) is 7.56. The summed E-state index contributed by atoms with van der Waals surface area (Å²) in [6.45, 7) is 0.440. The van der Waals surface area contributed by atoms with E-state index in [2.05, 4.69) is 0 Å². The first-order valence-corrected chi connectivity index (χ1v) is 8.11. The maximum atomic E-state index is 12.4. The predicted molar refractivity (Wildman–Crippen MR) is 97.3 cm³/mol. The summed E-state index contributed by atoms with van der Waals surface area (Å²) in [4.78, 5) is 25.1. The number of aromatic hydroxyl groups is 1. The third kappa shape index (κ3) is 5.05. The second kappa shape index (κ2) is 8.98. The highest BCUT2D eigenvalue weighted by Gasteiger charge is 2.19. The van der Waals surface area contributed by atoms with E-state index in [9.17, 15) is 19.8 Å². The Labute approximate surface area is 151 Å². The first-order valence-electron chi connectivity index (χ1n) is 8.11. The first kappa shape index (κ1) is 19.4. The van der Waals surface area contributed by atoms with Gasteiger partial charge in [-0.3, -0.25) is 4.79 Å². The van der Waals surface area contributed by atoms with Crippen LogP contribution in [0.3, 0.4) is 0 Å². The molecule has 26 heavy (non-hydrogen) atoms. The van der Waals surface area contributed by atoms with Crippen molar-refractivity contribution < 1.29 is 24.5 Å². The van der Waals surface area contributed by atoms with Crippen LogP contribution in [0.1, 0.15) is 21.5 Å². The lowest BCUT2D eigenvalue weighted by Gasteiger charge is -2.20. The van der Waals surface area contributed by atoms with Gasteiger partial charge >= 0.3 is 5.97 Å². The lowest BCUT2D eigenvalue weighted by atomic mass is 10.1. The molecule has 0 aliphatic rings. The summed E-state index contributed by atoms with van der Waals surface area (Å²) in [5, 5.41) is 18.6. The number of carboxylic acid groups (broad SMARTS) is 1. The zero-order valence-corrected chi connectivity index (χ0v) is 14.5. The minimum absolute atomic E-state index is 0.0418. The molecule has 0 heterocycles. The molecule has 4 N–H and O–H groups in total. The molecule has 0 atom stereocenters. The van der Waals surface area contributed by atoms with Crippen molar-refractivity contribution in [2.75, 3.05) is 25.1 Å². The Morgan fingerprint density at radius 2 is 1.77 bits per heavy atom. The molecular weight excluding hydrogens is 336 g/mol. The number of hydrogen-bond donors (Lipinski definition) is 3. The van der Waals surface area contributed by atoms with Crippen LogP contribution in [0.25, 0.3) is 0 Å². The summed E-state index contributed by atoms with van der Waals surface area (Å²) in [6.07, 6.45) is 0.590. The van der Waals surface area contributed by atoms with Crippen LogP contribution in [0.15, 0.2) is 42.5 Å². The van der Waals surface area contributed by atoms with E-state index in [-0.39, 0.29) is 30.4 Å². The molecule has 2 rings (SSSR count). The quantitative estimate of drug-likeness (QED) is 0.663. The second-order valence-corrected chi connectivity index (χ2v) is 5.81. The molecular formula is C19H22N2O5. The minimum atomic E-state index is -1.11. The Balaban J connectivity index is 2.05. The highest BCUT2D eigenvalue weighted by atomic mass is 16.5. The monoisotopic (exact) mass is 358 g/mol. The molecule has 0 bridgehead atoms. The molecule has 0 aromatic heterocycles. The van der Waals surface area contributed by atoms with Crippen LogP contribution in [0.2, 0.25) is 0 Å². The lowest BCUT2D eigenvalue weighted by Crippen LogP contribution is -2.31. The third-order valence-electron chi connectivity index (χ3n) is 3.89. The van der Waals surface area contributed by atoms with Crippen molar-refractivity contribution in [1.82, 2.24) is 0 Å². The van der Waals surface area contributed by atoms with E-state index in [1.165, 1.54) is 30.1 Å². The summed E-state index contributed by atoms with van der Waals surface area (Å²) in [5.74, 6) is -1.32. The molecule has 0 radical (unpaired) electrons. The summed E-state index contributed by atoms with van der Waals surface area (Å²) >= 11 is 0. The average Bonchev–Trinajstić information content (AvgIpc) is 2.62. The Kier molecular flexibility index (Phi) is 6.71. The fourth-order valence-electron chi connectivity index (χ4n) is 2.44. The molecule has 0 aliphatic carbocycles. The number of likely N-dealkylation sites (N-methyl/N-ethyl adjacent to an activating group) is 1. The number of rotatable bonds is 8. The van der Waals surface area contributed by atoms with Gasteiger partial charge in [0.15, 0.2) is 0 Å². The normalized spacial score (nSPS) is 10.5. The molecule has 1 amide bonds. The van der Waals surface area contributed by atoms with Crippen LogP contribution in [0.4, 0.5) is 5.69 Å². The summed E-state index contributed by atoms with van der Waals surface area (Å²) in [6, 6.07) is 11.3. The highest BCUT2D eigenvalue weighted by molar-refractivity contribution is 6.02. The van der Waals surface area contributed by atoms with Crippen molar-refractivity contribution in [1.29, 1.82) is 0 Å². The summed E-state index contributed by atoms with van der Waals surface area (Å²) in [7, 11) is 1.51. The van der Waals surface area contributed by atoms with Crippen LogP contribution in [0.5, 0.6) is 5.75 Å². The van der Waals surface area contributed by atoms with Crippen LogP contribution < -0.4 is 10.6 Å². The zero-order valence-electron chi connectivity index (χ0n) is 14.5. The smallest absolute Gasteiger partial charge is 0.337 e. The minimum Gasteiger partial charge on any atom is -0.508 e. The number of nitrogens with zero attached hydrogens (tertiary/aromatic N) is 1. The van der Waals surface area contributed by atoms with E-state index in [1.807, 2.05) is 0 Å². The van der Waals surface area contributed by atoms with Crippen molar-refractivity contribution >= 4 is 17.6 Å². The number of benzene rings is 2. The van der Waals surface area contributed by atoms with E-state index < -0.39 is 5.97 Å². The number of nitrogens with two attached hydrogens (primary N) is 1. The highest BCUT2D eigenvalue weighted by Crippen LogP contribution is 2.22. The zero-order chi connectivity index (χ0) is 19.1. The molecule has 0 saturated heterocycles. The van der Waals surface area contributed by atoms with Gasteiger partial charge in [-0.15, -0.1) is 0 Å². The van der Waals surface area contributed by atoms with Gasteiger partial charge in [-0.05, 0) is 48.4 Å². The van der Waals surface area contributed by atoms with E-state index in [0.717, 1.165) is 11.1 Å². The number of phenolic OH excluding ortho intramolecular Hbond substituents is 1. The van der Waals surface area contributed by atoms with Crippen molar-refractivity contribution in [2.45, 2.75) is 13.0 Å². The van der Waals surface area contributed by atoms with Gasteiger partial charge in [0.1, 0.15) is 12.4 Å². The number of anilines is 1. The van der Waals surface area contributed by atoms with Gasteiger partial charge in [0.2, 0.25) is 0 Å². The number of amides is 1. The number of carboxylic acids is 1. The maximum absolute atomic E-state index is 12.4. The Morgan fingerprint density at radius 1 is 1.12 bits per heavy atom. The fraction of sp³-hybridized carbons (Fsp3) is 0.263. The number of carbonyl (C=O) groups is 2. The van der Waals surface area contributed by atoms with Crippen molar-refractivity contribution in [2.24, 2.45) is 5.73 Å². The SMILES string of the molecule is CN(C(=O)COCc1ccc(O)cc1)c1cc(CCN)ccc1C(=O)O. The van der Waals surface area contributed by atoms with Crippen LogP contribution >= 0.6 is 0 Å². The number of hydrogen-bond acceptors (Lipinski definition) is 5. The fourth-order valence-corrected chi connectivity index (χ4v) is 2.44. The molecule has 138 valence electrons. The Morgan fingerprint density at radius 3 is 2.38 bits per heavy atom. The van der Waals surface area contributed by atoms with E-state index in [1.54, 1.807) is 24.3 Å². The second-order valence-electron chi connectivity index (χ2n) is 5.81. The average molecular weight is 358 g/mol.